The van der Waals surface area contributed by atoms with Crippen molar-refractivity contribution in [1.82, 2.24) is 20.8 Å². The molecule has 27 heavy (non-hydrogen) atoms. The highest BCUT2D eigenvalue weighted by molar-refractivity contribution is 5.86. The van der Waals surface area contributed by atoms with E-state index >= 15 is 0 Å². The van der Waals surface area contributed by atoms with Crippen molar-refractivity contribution in [1.29, 1.82) is 0 Å². The standard InChI is InChI=1S/C20H23N5O2/c1-2-15(27-9-1)12-14-13-18(25-7-10-26-11-8-25)23-19-16(14)3-5-21-20(19)17-4-6-22-24-17/h1-3,5,9,13,17,22,24H,4,6-8,10-12H2. The van der Waals surface area contributed by atoms with Gasteiger partial charge < -0.3 is 14.1 Å². The van der Waals surface area contributed by atoms with Gasteiger partial charge in [-0.3, -0.25) is 10.4 Å². The lowest BCUT2D eigenvalue weighted by molar-refractivity contribution is 0.122. The molecule has 0 radical (unpaired) electrons. The molecule has 0 aromatic carbocycles. The van der Waals surface area contributed by atoms with Gasteiger partial charge in [0, 0.05) is 37.6 Å². The molecule has 1 unspecified atom stereocenters. The Morgan fingerprint density at radius 1 is 1.22 bits per heavy atom. The van der Waals surface area contributed by atoms with E-state index in [0.717, 1.165) is 73.9 Å². The quantitative estimate of drug-likeness (QED) is 0.734. The zero-order valence-electron chi connectivity index (χ0n) is 15.1. The molecule has 1 atom stereocenters. The van der Waals surface area contributed by atoms with Gasteiger partial charge in [0.25, 0.3) is 0 Å². The Labute approximate surface area is 157 Å². The maximum atomic E-state index is 5.61. The summed E-state index contributed by atoms with van der Waals surface area (Å²) in [5.41, 5.74) is 9.73. The molecule has 2 saturated heterocycles. The largest absolute Gasteiger partial charge is 0.469 e. The number of nitrogens with zero attached hydrogens (tertiary/aromatic N) is 3. The first-order valence-electron chi connectivity index (χ1n) is 9.50. The summed E-state index contributed by atoms with van der Waals surface area (Å²) in [5.74, 6) is 1.95. The van der Waals surface area contributed by atoms with Gasteiger partial charge in [0.15, 0.2) is 0 Å². The van der Waals surface area contributed by atoms with Crippen LogP contribution in [0.15, 0.2) is 41.1 Å². The second kappa shape index (κ2) is 7.26. The molecule has 140 valence electrons. The van der Waals surface area contributed by atoms with Crippen molar-refractivity contribution < 1.29 is 9.15 Å². The SMILES string of the molecule is c1coc(Cc2cc(N3CCOCC3)nc3c(C4CCNN4)nccc23)c1. The third-order valence-electron chi connectivity index (χ3n) is 5.27. The van der Waals surface area contributed by atoms with Gasteiger partial charge in [-0.1, -0.05) is 0 Å². The number of furan rings is 1. The van der Waals surface area contributed by atoms with E-state index in [1.807, 2.05) is 18.3 Å². The maximum absolute atomic E-state index is 5.61. The normalized spacial score (nSPS) is 20.4. The molecule has 2 aliphatic heterocycles. The predicted molar refractivity (Wildman–Crippen MR) is 103 cm³/mol. The van der Waals surface area contributed by atoms with Crippen LogP contribution < -0.4 is 15.8 Å². The van der Waals surface area contributed by atoms with E-state index in [0.29, 0.717) is 0 Å². The van der Waals surface area contributed by atoms with Crippen molar-refractivity contribution in [2.24, 2.45) is 0 Å². The van der Waals surface area contributed by atoms with Gasteiger partial charge in [-0.25, -0.2) is 10.4 Å². The number of ether oxygens (including phenoxy) is 1. The number of hydrogen-bond acceptors (Lipinski definition) is 7. The van der Waals surface area contributed by atoms with E-state index in [-0.39, 0.29) is 6.04 Å². The summed E-state index contributed by atoms with van der Waals surface area (Å²) in [7, 11) is 0. The van der Waals surface area contributed by atoms with Crippen LogP contribution in [0.1, 0.15) is 29.5 Å². The Hall–Kier alpha value is -2.48. The van der Waals surface area contributed by atoms with E-state index in [4.69, 9.17) is 14.1 Å². The number of anilines is 1. The van der Waals surface area contributed by atoms with Crippen LogP contribution in [-0.4, -0.2) is 42.8 Å². The summed E-state index contributed by atoms with van der Waals surface area (Å²) < 4.78 is 11.1. The number of morpholine rings is 1. The number of nitrogens with one attached hydrogen (secondary N) is 2. The van der Waals surface area contributed by atoms with Gasteiger partial charge >= 0.3 is 0 Å². The Balaban J connectivity index is 1.64. The minimum atomic E-state index is 0.178. The summed E-state index contributed by atoms with van der Waals surface area (Å²) in [6, 6.07) is 8.39. The van der Waals surface area contributed by atoms with Crippen LogP contribution in [0.25, 0.3) is 10.9 Å². The van der Waals surface area contributed by atoms with Gasteiger partial charge in [-0.15, -0.1) is 0 Å². The third-order valence-corrected chi connectivity index (χ3v) is 5.27. The number of aromatic nitrogens is 2. The van der Waals surface area contributed by atoms with Crippen molar-refractivity contribution in [2.75, 3.05) is 37.7 Å². The van der Waals surface area contributed by atoms with E-state index < -0.39 is 0 Å². The molecule has 3 aromatic rings. The highest BCUT2D eigenvalue weighted by atomic mass is 16.5. The van der Waals surface area contributed by atoms with Crippen LogP contribution in [0.4, 0.5) is 5.82 Å². The maximum Gasteiger partial charge on any atom is 0.129 e. The summed E-state index contributed by atoms with van der Waals surface area (Å²) in [6.45, 7) is 4.13. The molecular formula is C20H23N5O2. The average molecular weight is 365 g/mol. The number of fused-ring (bicyclic) bond motifs is 1. The molecule has 0 aliphatic carbocycles. The highest BCUT2D eigenvalue weighted by Gasteiger charge is 2.23. The van der Waals surface area contributed by atoms with Crippen molar-refractivity contribution in [3.63, 3.8) is 0 Å². The fourth-order valence-corrected chi connectivity index (χ4v) is 3.87. The molecule has 0 spiro atoms. The Kier molecular flexibility index (Phi) is 4.49. The molecule has 0 bridgehead atoms. The van der Waals surface area contributed by atoms with E-state index in [1.54, 1.807) is 6.26 Å². The Bertz CT molecular complexity index is 916. The summed E-state index contributed by atoms with van der Waals surface area (Å²) in [6.07, 6.45) is 5.36. The number of hydrogen-bond donors (Lipinski definition) is 2. The van der Waals surface area contributed by atoms with Crippen LogP contribution in [0.2, 0.25) is 0 Å². The summed E-state index contributed by atoms with van der Waals surface area (Å²) >= 11 is 0. The fraction of sp³-hybridized carbons (Fsp3) is 0.400. The van der Waals surface area contributed by atoms with Crippen LogP contribution >= 0.6 is 0 Å². The Morgan fingerprint density at radius 3 is 2.93 bits per heavy atom. The zero-order chi connectivity index (χ0) is 18.1. The molecule has 5 heterocycles. The van der Waals surface area contributed by atoms with E-state index in [1.165, 1.54) is 5.56 Å². The Morgan fingerprint density at radius 2 is 2.15 bits per heavy atom. The molecule has 7 heteroatoms. The predicted octanol–water partition coefficient (Wildman–Crippen LogP) is 2.19. The third kappa shape index (κ3) is 3.29. The van der Waals surface area contributed by atoms with Gasteiger partial charge in [0.1, 0.15) is 11.6 Å². The monoisotopic (exact) mass is 365 g/mol. The summed E-state index contributed by atoms with van der Waals surface area (Å²) in [5, 5.41) is 1.14. The van der Waals surface area contributed by atoms with E-state index in [9.17, 15) is 0 Å². The molecule has 0 saturated carbocycles. The molecule has 2 N–H and O–H groups in total. The van der Waals surface area contributed by atoms with Gasteiger partial charge in [0.05, 0.1) is 36.7 Å². The minimum absolute atomic E-state index is 0.178. The first-order chi connectivity index (χ1) is 13.4. The average Bonchev–Trinajstić information content (AvgIpc) is 3.42. The van der Waals surface area contributed by atoms with E-state index in [2.05, 4.69) is 32.9 Å². The van der Waals surface area contributed by atoms with Crippen molar-refractivity contribution in [3.05, 3.63) is 53.7 Å². The molecule has 5 rings (SSSR count). The number of rotatable bonds is 4. The van der Waals surface area contributed by atoms with Crippen LogP contribution in [-0.2, 0) is 11.2 Å². The smallest absolute Gasteiger partial charge is 0.129 e. The van der Waals surface area contributed by atoms with Crippen LogP contribution in [0.3, 0.4) is 0 Å². The molecule has 7 nitrogen and oxygen atoms in total. The lowest BCUT2D eigenvalue weighted by Crippen LogP contribution is -2.36. The van der Waals surface area contributed by atoms with Crippen LogP contribution in [0.5, 0.6) is 0 Å². The highest BCUT2D eigenvalue weighted by Crippen LogP contribution is 2.30. The van der Waals surface area contributed by atoms with Gasteiger partial charge in [-0.05, 0) is 36.2 Å². The zero-order valence-corrected chi connectivity index (χ0v) is 15.1. The molecule has 2 fully saturated rings. The fourth-order valence-electron chi connectivity index (χ4n) is 3.87. The lowest BCUT2D eigenvalue weighted by Gasteiger charge is -2.28. The van der Waals surface area contributed by atoms with Crippen molar-refractivity contribution in [3.8, 4) is 0 Å². The number of hydrazine groups is 1. The van der Waals surface area contributed by atoms with Crippen molar-refractivity contribution in [2.45, 2.75) is 18.9 Å². The van der Waals surface area contributed by atoms with Crippen molar-refractivity contribution >= 4 is 16.7 Å². The molecule has 0 amide bonds. The summed E-state index contributed by atoms with van der Waals surface area (Å²) in [4.78, 5) is 12.0. The second-order valence-electron chi connectivity index (χ2n) is 7.00. The van der Waals surface area contributed by atoms with Crippen LogP contribution in [0, 0.1) is 0 Å². The second-order valence-corrected chi connectivity index (χ2v) is 7.00. The molecule has 3 aromatic heterocycles. The lowest BCUT2D eigenvalue weighted by atomic mass is 10.0. The minimum Gasteiger partial charge on any atom is -0.469 e. The first kappa shape index (κ1) is 16.7. The number of pyridine rings is 2. The van der Waals surface area contributed by atoms with Gasteiger partial charge in [-0.2, -0.15) is 0 Å². The molecule has 2 aliphatic rings. The first-order valence-corrected chi connectivity index (χ1v) is 9.50. The topological polar surface area (TPSA) is 75.5 Å². The molecular weight excluding hydrogens is 342 g/mol. The van der Waals surface area contributed by atoms with Gasteiger partial charge in [0.2, 0.25) is 0 Å².